The summed E-state index contributed by atoms with van der Waals surface area (Å²) in [6.07, 6.45) is 0.645. The first-order valence-corrected chi connectivity index (χ1v) is 7.74. The fraction of sp³-hybridized carbons (Fsp3) is 0.417. The average molecular weight is 324 g/mol. The summed E-state index contributed by atoms with van der Waals surface area (Å²) in [5, 5.41) is 4.62. The Balaban J connectivity index is 3.04. The van der Waals surface area contributed by atoms with Crippen molar-refractivity contribution in [3.63, 3.8) is 0 Å². The zero-order valence-corrected chi connectivity index (χ0v) is 12.6. The van der Waals surface area contributed by atoms with Crippen LogP contribution in [0.3, 0.4) is 0 Å². The van der Waals surface area contributed by atoms with E-state index in [1.165, 1.54) is 0 Å². The highest BCUT2D eigenvalue weighted by Crippen LogP contribution is 2.24. The van der Waals surface area contributed by atoms with E-state index in [1.54, 1.807) is 0 Å². The largest absolute Gasteiger partial charge is 0.462 e. The molecule has 0 saturated carbocycles. The molecule has 5 nitrogen and oxygen atoms in total. The van der Waals surface area contributed by atoms with Crippen molar-refractivity contribution in [3.8, 4) is 0 Å². The molecule has 1 aromatic rings. The summed E-state index contributed by atoms with van der Waals surface area (Å²) in [6.45, 7) is 4.07. The third kappa shape index (κ3) is 4.43. The van der Waals surface area contributed by atoms with Gasteiger partial charge in [0.1, 0.15) is 10.7 Å². The van der Waals surface area contributed by atoms with Gasteiger partial charge in [0.2, 0.25) is 10.0 Å². The van der Waals surface area contributed by atoms with Crippen LogP contribution in [0.2, 0.25) is 5.02 Å². The molecule has 1 rings (SSSR count). The molecular weight excluding hydrogens is 309 g/mol. The van der Waals surface area contributed by atoms with Crippen molar-refractivity contribution in [1.29, 1.82) is 0 Å². The molecule has 2 N–H and O–H groups in total. The summed E-state index contributed by atoms with van der Waals surface area (Å²) < 4.78 is 40.8. The summed E-state index contributed by atoms with van der Waals surface area (Å²) in [5.41, 5.74) is -0.235. The minimum Gasteiger partial charge on any atom is -0.462 e. The Hall–Kier alpha value is -1.18. The van der Waals surface area contributed by atoms with E-state index in [-0.39, 0.29) is 17.2 Å². The fourth-order valence-corrected chi connectivity index (χ4v) is 2.21. The Bertz CT molecular complexity index is 616. The molecule has 0 amide bonds. The van der Waals surface area contributed by atoms with Crippen LogP contribution in [0.4, 0.5) is 4.39 Å². The summed E-state index contributed by atoms with van der Waals surface area (Å²) in [4.78, 5) is 11.0. The molecule has 112 valence electrons. The molecule has 0 aliphatic heterocycles. The van der Waals surface area contributed by atoms with Crippen LogP contribution in [0.15, 0.2) is 17.0 Å². The number of hydrogen-bond acceptors (Lipinski definition) is 4. The Morgan fingerprint density at radius 1 is 1.45 bits per heavy atom. The first-order chi connectivity index (χ1) is 9.12. The molecule has 0 aromatic heterocycles. The van der Waals surface area contributed by atoms with E-state index in [4.69, 9.17) is 21.5 Å². The van der Waals surface area contributed by atoms with Gasteiger partial charge in [-0.05, 0) is 24.5 Å². The van der Waals surface area contributed by atoms with E-state index >= 15 is 0 Å². The van der Waals surface area contributed by atoms with E-state index in [0.717, 1.165) is 12.1 Å². The van der Waals surface area contributed by atoms with Crippen LogP contribution in [0, 0.1) is 11.7 Å². The number of esters is 1. The van der Waals surface area contributed by atoms with Crippen LogP contribution in [0.1, 0.15) is 30.6 Å². The zero-order valence-electron chi connectivity index (χ0n) is 11.0. The molecule has 0 fully saturated rings. The lowest BCUT2D eigenvalue weighted by Crippen LogP contribution is -2.16. The van der Waals surface area contributed by atoms with E-state index in [2.05, 4.69) is 0 Å². The van der Waals surface area contributed by atoms with Gasteiger partial charge in [0, 0.05) is 0 Å². The van der Waals surface area contributed by atoms with Gasteiger partial charge in [-0.1, -0.05) is 25.4 Å². The lowest BCUT2D eigenvalue weighted by atomic mass is 10.1. The van der Waals surface area contributed by atoms with Gasteiger partial charge in [0.05, 0.1) is 17.2 Å². The number of benzene rings is 1. The maximum Gasteiger partial charge on any atom is 0.339 e. The Morgan fingerprint density at radius 3 is 2.55 bits per heavy atom. The standard InChI is InChI=1S/C12H15ClFNO4S/c1-7(2)3-4-19-12(16)8-5-11(20(15,17)18)10(14)6-9(8)13/h5-7H,3-4H2,1-2H3,(H2,15,17,18). The Morgan fingerprint density at radius 2 is 2.05 bits per heavy atom. The van der Waals surface area contributed by atoms with Gasteiger partial charge in [-0.2, -0.15) is 0 Å². The van der Waals surface area contributed by atoms with Crippen LogP contribution >= 0.6 is 11.6 Å². The van der Waals surface area contributed by atoms with Crippen molar-refractivity contribution in [1.82, 2.24) is 0 Å². The first-order valence-electron chi connectivity index (χ1n) is 5.82. The highest BCUT2D eigenvalue weighted by Gasteiger charge is 2.21. The van der Waals surface area contributed by atoms with Gasteiger partial charge in [-0.25, -0.2) is 22.7 Å². The molecule has 8 heteroatoms. The van der Waals surface area contributed by atoms with Crippen molar-refractivity contribution in [2.24, 2.45) is 11.1 Å². The molecule has 0 unspecified atom stereocenters. The lowest BCUT2D eigenvalue weighted by molar-refractivity contribution is 0.0488. The van der Waals surface area contributed by atoms with Crippen LogP contribution in [0.5, 0.6) is 0 Å². The maximum absolute atomic E-state index is 13.5. The van der Waals surface area contributed by atoms with Gasteiger partial charge in [-0.3, -0.25) is 0 Å². The van der Waals surface area contributed by atoms with Crippen LogP contribution in [-0.4, -0.2) is 21.0 Å². The van der Waals surface area contributed by atoms with Crippen LogP contribution < -0.4 is 5.14 Å². The van der Waals surface area contributed by atoms with Gasteiger partial charge in [0.15, 0.2) is 0 Å². The maximum atomic E-state index is 13.5. The molecule has 0 spiro atoms. The van der Waals surface area contributed by atoms with Gasteiger partial charge < -0.3 is 4.74 Å². The molecule has 0 heterocycles. The predicted octanol–water partition coefficient (Wildman–Crippen LogP) is 2.33. The molecule has 0 aliphatic carbocycles. The fourth-order valence-electron chi connectivity index (χ4n) is 1.37. The highest BCUT2D eigenvalue weighted by molar-refractivity contribution is 7.89. The quantitative estimate of drug-likeness (QED) is 0.842. The molecule has 0 bridgehead atoms. The minimum atomic E-state index is -4.28. The van der Waals surface area contributed by atoms with E-state index in [1.807, 2.05) is 13.8 Å². The minimum absolute atomic E-state index is 0.162. The van der Waals surface area contributed by atoms with Crippen LogP contribution in [0.25, 0.3) is 0 Å². The number of halogens is 2. The number of nitrogens with two attached hydrogens (primary N) is 1. The van der Waals surface area contributed by atoms with Gasteiger partial charge in [-0.15, -0.1) is 0 Å². The number of rotatable bonds is 5. The molecule has 1 aromatic carbocycles. The van der Waals surface area contributed by atoms with E-state index in [9.17, 15) is 17.6 Å². The molecular formula is C12H15ClFNO4S. The van der Waals surface area contributed by atoms with Crippen molar-refractivity contribution in [2.45, 2.75) is 25.2 Å². The number of primary sulfonamides is 1. The van der Waals surface area contributed by atoms with Gasteiger partial charge in [0.25, 0.3) is 0 Å². The predicted molar refractivity (Wildman–Crippen MR) is 72.5 cm³/mol. The van der Waals surface area contributed by atoms with E-state index in [0.29, 0.717) is 12.3 Å². The van der Waals surface area contributed by atoms with Gasteiger partial charge >= 0.3 is 5.97 Å². The Kier molecular flexibility index (Phi) is 5.50. The monoisotopic (exact) mass is 323 g/mol. The third-order valence-electron chi connectivity index (χ3n) is 2.48. The van der Waals surface area contributed by atoms with Crippen molar-refractivity contribution < 1.29 is 22.3 Å². The number of carbonyl (C=O) groups is 1. The summed E-state index contributed by atoms with van der Waals surface area (Å²) in [6, 6.07) is 1.51. The van der Waals surface area contributed by atoms with Crippen molar-refractivity contribution in [3.05, 3.63) is 28.5 Å². The summed E-state index contributed by atoms with van der Waals surface area (Å²) in [7, 11) is -4.28. The third-order valence-corrected chi connectivity index (χ3v) is 3.71. The smallest absolute Gasteiger partial charge is 0.339 e. The number of ether oxygens (including phenoxy) is 1. The Labute approximate surface area is 121 Å². The highest BCUT2D eigenvalue weighted by atomic mass is 35.5. The number of hydrogen-bond donors (Lipinski definition) is 1. The second kappa shape index (κ2) is 6.51. The second-order valence-corrected chi connectivity index (χ2v) is 6.56. The topological polar surface area (TPSA) is 86.5 Å². The SMILES string of the molecule is CC(C)CCOC(=O)c1cc(S(N)(=O)=O)c(F)cc1Cl. The average Bonchev–Trinajstić information content (AvgIpc) is 2.26. The number of carbonyl (C=O) groups excluding carboxylic acids is 1. The zero-order chi connectivity index (χ0) is 15.5. The van der Waals surface area contributed by atoms with Crippen molar-refractivity contribution >= 4 is 27.6 Å². The summed E-state index contributed by atoms with van der Waals surface area (Å²) in [5.74, 6) is -1.59. The molecule has 0 atom stereocenters. The van der Waals surface area contributed by atoms with Crippen LogP contribution in [-0.2, 0) is 14.8 Å². The van der Waals surface area contributed by atoms with E-state index < -0.39 is 26.7 Å². The lowest BCUT2D eigenvalue weighted by Gasteiger charge is -2.09. The normalized spacial score (nSPS) is 11.7. The molecule has 0 radical (unpaired) electrons. The summed E-state index contributed by atoms with van der Waals surface area (Å²) >= 11 is 5.71. The second-order valence-electron chi connectivity index (χ2n) is 4.63. The number of sulfonamides is 1. The molecule has 0 saturated heterocycles. The molecule has 20 heavy (non-hydrogen) atoms. The van der Waals surface area contributed by atoms with Crippen molar-refractivity contribution in [2.75, 3.05) is 6.61 Å². The molecule has 0 aliphatic rings. The first kappa shape index (κ1) is 16.9.